The minimum Gasteiger partial charge on any atom is -0.368 e. The standard InChI is InChI=1S/C12H23N3O2/c1-2-3-8-15(9-11(13)16)12(17)10-6-4-5-7-14-10/h10,14H,2-9H2,1H3,(H2,13,16)/t10-/m0/s1. The number of carbonyl (C=O) groups excluding carboxylic acids is 2. The van der Waals surface area contributed by atoms with Gasteiger partial charge in [0.2, 0.25) is 11.8 Å². The number of nitrogens with one attached hydrogen (secondary N) is 1. The maximum atomic E-state index is 12.2. The van der Waals surface area contributed by atoms with Crippen LogP contribution in [0.15, 0.2) is 0 Å². The lowest BCUT2D eigenvalue weighted by Crippen LogP contribution is -2.50. The number of nitrogens with zero attached hydrogens (tertiary/aromatic N) is 1. The van der Waals surface area contributed by atoms with Gasteiger partial charge < -0.3 is 16.0 Å². The van der Waals surface area contributed by atoms with Crippen molar-refractivity contribution in [2.45, 2.75) is 45.1 Å². The van der Waals surface area contributed by atoms with Gasteiger partial charge in [-0.15, -0.1) is 0 Å². The highest BCUT2D eigenvalue weighted by atomic mass is 16.2. The fourth-order valence-electron chi connectivity index (χ4n) is 2.09. The molecule has 0 aromatic carbocycles. The summed E-state index contributed by atoms with van der Waals surface area (Å²) < 4.78 is 0. The predicted octanol–water partition coefficient (Wildman–Crippen LogP) is 0.243. The van der Waals surface area contributed by atoms with Gasteiger partial charge in [-0.3, -0.25) is 9.59 Å². The van der Waals surface area contributed by atoms with Crippen molar-refractivity contribution in [3.05, 3.63) is 0 Å². The molecule has 0 aromatic heterocycles. The number of unbranched alkanes of at least 4 members (excludes halogenated alkanes) is 1. The van der Waals surface area contributed by atoms with Crippen LogP contribution in [0.2, 0.25) is 0 Å². The monoisotopic (exact) mass is 241 g/mol. The van der Waals surface area contributed by atoms with Crippen molar-refractivity contribution in [2.24, 2.45) is 5.73 Å². The SMILES string of the molecule is CCCCN(CC(N)=O)C(=O)[C@@H]1CCCCN1. The molecule has 1 rings (SSSR count). The Labute approximate surface area is 103 Å². The molecule has 0 spiro atoms. The number of nitrogens with two attached hydrogens (primary N) is 1. The Bertz CT molecular complexity index is 262. The van der Waals surface area contributed by atoms with E-state index >= 15 is 0 Å². The summed E-state index contributed by atoms with van der Waals surface area (Å²) in [7, 11) is 0. The molecule has 1 heterocycles. The van der Waals surface area contributed by atoms with Gasteiger partial charge in [-0.2, -0.15) is 0 Å². The van der Waals surface area contributed by atoms with Crippen molar-refractivity contribution in [3.8, 4) is 0 Å². The highest BCUT2D eigenvalue weighted by Crippen LogP contribution is 2.10. The van der Waals surface area contributed by atoms with Gasteiger partial charge in [-0.25, -0.2) is 0 Å². The van der Waals surface area contributed by atoms with E-state index in [4.69, 9.17) is 5.73 Å². The largest absolute Gasteiger partial charge is 0.368 e. The van der Waals surface area contributed by atoms with Crippen LogP contribution in [0, 0.1) is 0 Å². The zero-order valence-electron chi connectivity index (χ0n) is 10.6. The molecule has 1 atom stereocenters. The topological polar surface area (TPSA) is 75.4 Å². The first-order valence-electron chi connectivity index (χ1n) is 6.45. The van der Waals surface area contributed by atoms with Gasteiger partial charge in [-0.1, -0.05) is 19.8 Å². The van der Waals surface area contributed by atoms with E-state index in [1.165, 1.54) is 0 Å². The van der Waals surface area contributed by atoms with Crippen molar-refractivity contribution in [1.29, 1.82) is 0 Å². The van der Waals surface area contributed by atoms with Crippen molar-refractivity contribution in [2.75, 3.05) is 19.6 Å². The van der Waals surface area contributed by atoms with Crippen LogP contribution in [0.3, 0.4) is 0 Å². The molecule has 0 unspecified atom stereocenters. The Balaban J connectivity index is 2.53. The third-order valence-electron chi connectivity index (χ3n) is 3.05. The van der Waals surface area contributed by atoms with Crippen molar-refractivity contribution >= 4 is 11.8 Å². The summed E-state index contributed by atoms with van der Waals surface area (Å²) in [6.07, 6.45) is 4.96. The molecule has 0 aromatic rings. The summed E-state index contributed by atoms with van der Waals surface area (Å²) in [5, 5.41) is 3.21. The van der Waals surface area contributed by atoms with Crippen LogP contribution in [0.4, 0.5) is 0 Å². The van der Waals surface area contributed by atoms with Gasteiger partial charge in [0.25, 0.3) is 0 Å². The molecule has 0 saturated carbocycles. The molecule has 5 heteroatoms. The lowest BCUT2D eigenvalue weighted by atomic mass is 10.0. The second-order valence-electron chi connectivity index (χ2n) is 4.58. The summed E-state index contributed by atoms with van der Waals surface area (Å²) in [6.45, 7) is 3.61. The Morgan fingerprint density at radius 2 is 2.18 bits per heavy atom. The van der Waals surface area contributed by atoms with E-state index in [2.05, 4.69) is 12.2 Å². The van der Waals surface area contributed by atoms with E-state index in [1.807, 2.05) is 0 Å². The van der Waals surface area contributed by atoms with Crippen molar-refractivity contribution in [1.82, 2.24) is 10.2 Å². The van der Waals surface area contributed by atoms with Gasteiger partial charge in [0.1, 0.15) is 0 Å². The molecule has 1 aliphatic heterocycles. The second-order valence-corrected chi connectivity index (χ2v) is 4.58. The Kier molecular flexibility index (Phi) is 5.97. The maximum absolute atomic E-state index is 12.2. The molecule has 0 radical (unpaired) electrons. The Hall–Kier alpha value is -1.10. The highest BCUT2D eigenvalue weighted by molar-refractivity contribution is 5.87. The molecule has 1 aliphatic rings. The van der Waals surface area contributed by atoms with E-state index in [0.29, 0.717) is 6.54 Å². The van der Waals surface area contributed by atoms with E-state index in [9.17, 15) is 9.59 Å². The zero-order valence-corrected chi connectivity index (χ0v) is 10.6. The molecule has 1 saturated heterocycles. The van der Waals surface area contributed by atoms with Gasteiger partial charge in [-0.05, 0) is 25.8 Å². The lowest BCUT2D eigenvalue weighted by Gasteiger charge is -2.29. The number of hydrogen-bond donors (Lipinski definition) is 2. The van der Waals surface area contributed by atoms with Gasteiger partial charge in [0, 0.05) is 6.54 Å². The van der Waals surface area contributed by atoms with Gasteiger partial charge >= 0.3 is 0 Å². The first kappa shape index (κ1) is 14.0. The highest BCUT2D eigenvalue weighted by Gasteiger charge is 2.25. The average molecular weight is 241 g/mol. The summed E-state index contributed by atoms with van der Waals surface area (Å²) in [4.78, 5) is 24.8. The Morgan fingerprint density at radius 1 is 1.41 bits per heavy atom. The first-order chi connectivity index (χ1) is 8.15. The summed E-state index contributed by atoms with van der Waals surface area (Å²) in [6, 6.07) is -0.125. The van der Waals surface area contributed by atoms with Crippen LogP contribution in [0.1, 0.15) is 39.0 Å². The molecular weight excluding hydrogens is 218 g/mol. The first-order valence-corrected chi connectivity index (χ1v) is 6.45. The molecule has 2 amide bonds. The van der Waals surface area contributed by atoms with E-state index < -0.39 is 5.91 Å². The summed E-state index contributed by atoms with van der Waals surface area (Å²) in [5.41, 5.74) is 5.18. The molecule has 5 nitrogen and oxygen atoms in total. The number of carbonyl (C=O) groups is 2. The third-order valence-corrected chi connectivity index (χ3v) is 3.05. The number of rotatable bonds is 6. The average Bonchev–Trinajstić information content (AvgIpc) is 2.34. The number of primary amides is 1. The maximum Gasteiger partial charge on any atom is 0.240 e. The van der Waals surface area contributed by atoms with Crippen LogP contribution in [0.25, 0.3) is 0 Å². The summed E-state index contributed by atoms with van der Waals surface area (Å²) in [5.74, 6) is -0.415. The van der Waals surface area contributed by atoms with Gasteiger partial charge in [0.05, 0.1) is 12.6 Å². The van der Waals surface area contributed by atoms with Gasteiger partial charge in [0.15, 0.2) is 0 Å². The smallest absolute Gasteiger partial charge is 0.240 e. The third kappa shape index (κ3) is 4.73. The second kappa shape index (κ2) is 7.27. The van der Waals surface area contributed by atoms with Crippen molar-refractivity contribution < 1.29 is 9.59 Å². The molecule has 17 heavy (non-hydrogen) atoms. The molecule has 3 N–H and O–H groups in total. The zero-order chi connectivity index (χ0) is 12.7. The quantitative estimate of drug-likeness (QED) is 0.699. The minimum atomic E-state index is -0.440. The fourth-order valence-corrected chi connectivity index (χ4v) is 2.09. The van der Waals surface area contributed by atoms with Crippen LogP contribution < -0.4 is 11.1 Å². The van der Waals surface area contributed by atoms with E-state index in [1.54, 1.807) is 4.90 Å². The van der Waals surface area contributed by atoms with Crippen LogP contribution in [-0.4, -0.2) is 42.4 Å². The number of hydrogen-bond acceptors (Lipinski definition) is 3. The Morgan fingerprint density at radius 3 is 2.71 bits per heavy atom. The molecular formula is C12H23N3O2. The van der Waals surface area contributed by atoms with Crippen LogP contribution >= 0.6 is 0 Å². The lowest BCUT2D eigenvalue weighted by molar-refractivity contribution is -0.137. The van der Waals surface area contributed by atoms with E-state index in [-0.39, 0.29) is 18.5 Å². The van der Waals surface area contributed by atoms with E-state index in [0.717, 1.165) is 38.6 Å². The molecule has 0 aliphatic carbocycles. The molecule has 98 valence electrons. The van der Waals surface area contributed by atoms with Crippen LogP contribution in [0.5, 0.6) is 0 Å². The number of amides is 2. The molecule has 1 fully saturated rings. The predicted molar refractivity (Wildman–Crippen MR) is 66.3 cm³/mol. The van der Waals surface area contributed by atoms with Crippen LogP contribution in [-0.2, 0) is 9.59 Å². The summed E-state index contributed by atoms with van der Waals surface area (Å²) >= 11 is 0. The number of piperidine rings is 1. The fraction of sp³-hybridized carbons (Fsp3) is 0.833. The minimum absolute atomic E-state index is 0.0250. The normalized spacial score (nSPS) is 19.9. The molecule has 0 bridgehead atoms. The van der Waals surface area contributed by atoms with Crippen molar-refractivity contribution in [3.63, 3.8) is 0 Å².